The third-order valence-corrected chi connectivity index (χ3v) is 6.44. The molecule has 5 rings (SSSR count). The number of rotatable bonds is 2. The van der Waals surface area contributed by atoms with E-state index in [0.29, 0.717) is 5.56 Å². The molecule has 0 saturated carbocycles. The summed E-state index contributed by atoms with van der Waals surface area (Å²) in [6.07, 6.45) is 0.609. The molecule has 2 atom stereocenters. The number of para-hydroxylation sites is 1. The number of carbonyl (C=O) groups is 1. The highest BCUT2D eigenvalue weighted by Crippen LogP contribution is 2.50. The van der Waals surface area contributed by atoms with Gasteiger partial charge in [0.15, 0.2) is 0 Å². The van der Waals surface area contributed by atoms with Crippen LogP contribution in [0.2, 0.25) is 0 Å². The minimum Gasteiger partial charge on any atom is -0.352 e. The number of likely N-dealkylation sites (N-methyl/N-ethyl adjacent to an activating group) is 1. The van der Waals surface area contributed by atoms with E-state index in [0.717, 1.165) is 23.4 Å². The molecule has 4 heteroatoms. The lowest BCUT2D eigenvalue weighted by atomic mass is 9.75. The number of fused-ring (bicyclic) bond motifs is 3. The molecule has 150 valence electrons. The van der Waals surface area contributed by atoms with Crippen LogP contribution in [0, 0.1) is 6.92 Å². The van der Waals surface area contributed by atoms with Crippen molar-refractivity contribution in [1.29, 1.82) is 0 Å². The van der Waals surface area contributed by atoms with Gasteiger partial charge in [0.05, 0.1) is 5.71 Å². The molecule has 0 spiro atoms. The molecule has 2 heterocycles. The Morgan fingerprint density at radius 2 is 1.63 bits per heavy atom. The Kier molecular flexibility index (Phi) is 4.24. The van der Waals surface area contributed by atoms with Crippen LogP contribution in [-0.2, 0) is 5.41 Å². The van der Waals surface area contributed by atoms with Gasteiger partial charge in [-0.05, 0) is 36.2 Å². The van der Waals surface area contributed by atoms with Gasteiger partial charge in [-0.1, -0.05) is 73.2 Å². The molecule has 0 fully saturated rings. The molecular formula is C26H25N3O. The molecule has 0 saturated heterocycles. The van der Waals surface area contributed by atoms with Crippen molar-refractivity contribution < 1.29 is 4.79 Å². The first-order chi connectivity index (χ1) is 14.5. The quantitative estimate of drug-likeness (QED) is 0.614. The van der Waals surface area contributed by atoms with Crippen LogP contribution < -0.4 is 4.90 Å². The predicted molar refractivity (Wildman–Crippen MR) is 121 cm³/mol. The van der Waals surface area contributed by atoms with Gasteiger partial charge in [0.25, 0.3) is 5.91 Å². The van der Waals surface area contributed by atoms with Crippen molar-refractivity contribution in [2.24, 2.45) is 5.10 Å². The summed E-state index contributed by atoms with van der Waals surface area (Å²) in [7, 11) is 2.06. The second-order valence-corrected chi connectivity index (χ2v) is 8.52. The maximum Gasteiger partial charge on any atom is 0.275 e. The third kappa shape index (κ3) is 2.75. The summed E-state index contributed by atoms with van der Waals surface area (Å²) in [5.74, 6) is -0.0733. The summed E-state index contributed by atoms with van der Waals surface area (Å²) in [6, 6.07) is 26.3. The van der Waals surface area contributed by atoms with Crippen molar-refractivity contribution in [1.82, 2.24) is 5.01 Å². The van der Waals surface area contributed by atoms with E-state index in [1.807, 2.05) is 30.3 Å². The maximum absolute atomic E-state index is 13.6. The molecule has 0 N–H and O–H groups in total. The van der Waals surface area contributed by atoms with Gasteiger partial charge in [-0.25, -0.2) is 5.01 Å². The van der Waals surface area contributed by atoms with Crippen molar-refractivity contribution in [3.8, 4) is 0 Å². The van der Waals surface area contributed by atoms with Gasteiger partial charge >= 0.3 is 0 Å². The van der Waals surface area contributed by atoms with Crippen LogP contribution in [0.5, 0.6) is 0 Å². The zero-order chi connectivity index (χ0) is 20.9. The molecule has 0 unspecified atom stereocenters. The zero-order valence-corrected chi connectivity index (χ0v) is 17.5. The van der Waals surface area contributed by atoms with Gasteiger partial charge in [0.2, 0.25) is 0 Å². The normalized spacial score (nSPS) is 22.4. The molecule has 1 amide bonds. The van der Waals surface area contributed by atoms with Crippen molar-refractivity contribution in [3.05, 3.63) is 101 Å². The van der Waals surface area contributed by atoms with E-state index in [-0.39, 0.29) is 17.5 Å². The molecule has 0 radical (unpaired) electrons. The Labute approximate surface area is 177 Å². The fraction of sp³-hybridized carbons (Fsp3) is 0.231. The fourth-order valence-electron chi connectivity index (χ4n) is 4.93. The molecule has 0 bridgehead atoms. The van der Waals surface area contributed by atoms with E-state index in [1.54, 1.807) is 5.01 Å². The number of nitrogens with zero attached hydrogens (tertiary/aromatic N) is 3. The molecule has 4 nitrogen and oxygen atoms in total. The Morgan fingerprint density at radius 1 is 0.967 bits per heavy atom. The van der Waals surface area contributed by atoms with Gasteiger partial charge in [-0.15, -0.1) is 0 Å². The lowest BCUT2D eigenvalue weighted by molar-refractivity contribution is 0.0581. The minimum absolute atomic E-state index is 0.0733. The van der Waals surface area contributed by atoms with Gasteiger partial charge in [0.1, 0.15) is 6.17 Å². The van der Waals surface area contributed by atoms with E-state index < -0.39 is 0 Å². The van der Waals surface area contributed by atoms with E-state index in [9.17, 15) is 4.79 Å². The van der Waals surface area contributed by atoms with Gasteiger partial charge in [-0.3, -0.25) is 4.79 Å². The van der Waals surface area contributed by atoms with Gasteiger partial charge in [-0.2, -0.15) is 5.10 Å². The first-order valence-corrected chi connectivity index (χ1v) is 10.3. The number of aryl methyl sites for hydroxylation is 1. The lowest BCUT2D eigenvalue weighted by Crippen LogP contribution is -2.57. The highest BCUT2D eigenvalue weighted by Gasteiger charge is 2.53. The van der Waals surface area contributed by atoms with Crippen molar-refractivity contribution in [3.63, 3.8) is 0 Å². The summed E-state index contributed by atoms with van der Waals surface area (Å²) in [5.41, 5.74) is 6.05. The van der Waals surface area contributed by atoms with Crippen LogP contribution >= 0.6 is 0 Å². The van der Waals surface area contributed by atoms with Crippen LogP contribution in [0.4, 0.5) is 5.69 Å². The van der Waals surface area contributed by atoms with E-state index >= 15 is 0 Å². The summed E-state index contributed by atoms with van der Waals surface area (Å²) in [6.45, 7) is 4.34. The predicted octanol–water partition coefficient (Wildman–Crippen LogP) is 4.98. The Balaban J connectivity index is 1.67. The van der Waals surface area contributed by atoms with Crippen LogP contribution in [0.3, 0.4) is 0 Å². The second kappa shape index (κ2) is 6.84. The number of carbonyl (C=O) groups excluding carboxylic acids is 1. The smallest absolute Gasteiger partial charge is 0.275 e. The molecule has 0 aliphatic carbocycles. The maximum atomic E-state index is 13.6. The second-order valence-electron chi connectivity index (χ2n) is 8.52. The standard InChI is InChI=1S/C26H25N3O/c1-18-13-15-19(16-14-18)22-17-26(2)21-11-7-8-12-23(21)28(3)25(26)29(27-22)24(30)20-9-5-4-6-10-20/h4-16,25H,17H2,1-3H3/t25-,26-/m1/s1. The SMILES string of the molecule is Cc1ccc(C2=NN(C(=O)c3ccccc3)[C@H]3N(C)c4ccccc4[C@@]3(C)C2)cc1. The zero-order valence-electron chi connectivity index (χ0n) is 17.5. The van der Waals surface area contributed by atoms with Crippen LogP contribution in [-0.4, -0.2) is 29.8 Å². The van der Waals surface area contributed by atoms with E-state index in [4.69, 9.17) is 5.10 Å². The average Bonchev–Trinajstić information content (AvgIpc) is 3.01. The Morgan fingerprint density at radius 3 is 2.37 bits per heavy atom. The first kappa shape index (κ1) is 18.6. The number of amides is 1. The topological polar surface area (TPSA) is 35.9 Å². The molecule has 2 aliphatic heterocycles. The van der Waals surface area contributed by atoms with Crippen LogP contribution in [0.15, 0.2) is 84.0 Å². The molecule has 2 aliphatic rings. The van der Waals surface area contributed by atoms with Gasteiger partial charge < -0.3 is 4.90 Å². The number of hydrogen-bond donors (Lipinski definition) is 0. The van der Waals surface area contributed by atoms with Crippen LogP contribution in [0.1, 0.15) is 40.4 Å². The highest BCUT2D eigenvalue weighted by atomic mass is 16.2. The number of hydrogen-bond acceptors (Lipinski definition) is 3. The monoisotopic (exact) mass is 395 g/mol. The lowest BCUT2D eigenvalue weighted by Gasteiger charge is -2.44. The van der Waals surface area contributed by atoms with E-state index in [1.165, 1.54) is 11.1 Å². The number of anilines is 1. The van der Waals surface area contributed by atoms with Crippen molar-refractivity contribution >= 4 is 17.3 Å². The van der Waals surface area contributed by atoms with Gasteiger partial charge in [0, 0.05) is 30.1 Å². The summed E-state index contributed by atoms with van der Waals surface area (Å²) in [4.78, 5) is 15.8. The largest absolute Gasteiger partial charge is 0.352 e. The van der Waals surface area contributed by atoms with E-state index in [2.05, 4.69) is 74.3 Å². The molecule has 3 aromatic carbocycles. The Hall–Kier alpha value is -3.40. The highest BCUT2D eigenvalue weighted by molar-refractivity contribution is 6.04. The number of hydrazone groups is 1. The Bertz CT molecular complexity index is 1140. The van der Waals surface area contributed by atoms with Crippen LogP contribution in [0.25, 0.3) is 0 Å². The third-order valence-electron chi connectivity index (χ3n) is 6.44. The molecular weight excluding hydrogens is 370 g/mol. The number of benzene rings is 3. The summed E-state index contributed by atoms with van der Waals surface area (Å²) < 4.78 is 0. The average molecular weight is 396 g/mol. The van der Waals surface area contributed by atoms with Crippen molar-refractivity contribution in [2.75, 3.05) is 11.9 Å². The first-order valence-electron chi connectivity index (χ1n) is 10.3. The molecule has 3 aromatic rings. The molecule has 30 heavy (non-hydrogen) atoms. The molecule has 0 aromatic heterocycles. The summed E-state index contributed by atoms with van der Waals surface area (Å²) >= 11 is 0. The fourth-order valence-corrected chi connectivity index (χ4v) is 4.93. The minimum atomic E-state index is -0.252. The summed E-state index contributed by atoms with van der Waals surface area (Å²) in [5, 5.41) is 6.64. The van der Waals surface area contributed by atoms with Crippen molar-refractivity contribution in [2.45, 2.75) is 31.8 Å².